The summed E-state index contributed by atoms with van der Waals surface area (Å²) in [7, 11) is -3.98. The lowest BCUT2D eigenvalue weighted by Crippen LogP contribution is -2.26. The van der Waals surface area contributed by atoms with Gasteiger partial charge >= 0.3 is 7.25 Å². The molecule has 74 valence electrons. The molecule has 0 bridgehead atoms. The molecule has 1 aromatic heterocycles. The third kappa shape index (κ3) is 10.9. The minimum atomic E-state index is -6.00. The zero-order chi connectivity index (χ0) is 10.5. The van der Waals surface area contributed by atoms with E-state index in [1.165, 1.54) is 5.56 Å². The molecular formula is C7H10BF4N. The first kappa shape index (κ1) is 11.9. The van der Waals surface area contributed by atoms with Gasteiger partial charge in [0.15, 0.2) is 12.4 Å². The number of rotatable bonds is 0. The number of aryl methyl sites for hydroxylation is 2. The van der Waals surface area contributed by atoms with Gasteiger partial charge in [0.1, 0.15) is 7.05 Å². The molecule has 0 atom stereocenters. The summed E-state index contributed by atoms with van der Waals surface area (Å²) in [5, 5.41) is 0. The Balaban J connectivity index is 0.000000252. The van der Waals surface area contributed by atoms with Gasteiger partial charge in [-0.05, 0) is 13.0 Å². The Morgan fingerprint density at radius 2 is 1.69 bits per heavy atom. The lowest BCUT2D eigenvalue weighted by Gasteiger charge is -1.94. The second-order valence-corrected chi connectivity index (χ2v) is 2.54. The van der Waals surface area contributed by atoms with Gasteiger partial charge in [-0.3, -0.25) is 0 Å². The maximum Gasteiger partial charge on any atom is 0.673 e. The Morgan fingerprint density at radius 3 is 1.92 bits per heavy atom. The van der Waals surface area contributed by atoms with Crippen molar-refractivity contribution in [3.63, 3.8) is 0 Å². The van der Waals surface area contributed by atoms with E-state index in [0.29, 0.717) is 0 Å². The quantitative estimate of drug-likeness (QED) is 0.339. The highest BCUT2D eigenvalue weighted by Crippen LogP contribution is 2.06. The molecule has 13 heavy (non-hydrogen) atoms. The Bertz CT molecular complexity index is 238. The van der Waals surface area contributed by atoms with Crippen LogP contribution in [0.1, 0.15) is 5.56 Å². The van der Waals surface area contributed by atoms with Crippen molar-refractivity contribution >= 4 is 7.25 Å². The molecule has 0 saturated carbocycles. The van der Waals surface area contributed by atoms with Crippen molar-refractivity contribution in [2.24, 2.45) is 7.05 Å². The molecule has 0 amide bonds. The number of hydrogen-bond donors (Lipinski definition) is 0. The van der Waals surface area contributed by atoms with E-state index in [2.05, 4.69) is 19.2 Å². The standard InChI is InChI=1S/C7H10N.BF4/c1-7-4-3-5-8(2)6-7;2-1(3,4)5/h3-6H,1-2H3;/q+1;-1. The van der Waals surface area contributed by atoms with Crippen molar-refractivity contribution in [1.29, 1.82) is 0 Å². The Morgan fingerprint density at radius 1 is 1.23 bits per heavy atom. The first-order valence-corrected chi connectivity index (χ1v) is 3.58. The maximum atomic E-state index is 9.75. The molecule has 0 aromatic carbocycles. The number of nitrogens with zero attached hydrogens (tertiary/aromatic N) is 1. The van der Waals surface area contributed by atoms with Crippen LogP contribution < -0.4 is 4.57 Å². The molecule has 0 radical (unpaired) electrons. The van der Waals surface area contributed by atoms with Gasteiger partial charge in [-0.15, -0.1) is 0 Å². The van der Waals surface area contributed by atoms with Crippen molar-refractivity contribution in [2.75, 3.05) is 0 Å². The molecular weight excluding hydrogens is 185 g/mol. The van der Waals surface area contributed by atoms with Crippen LogP contribution in [0, 0.1) is 6.92 Å². The minimum Gasteiger partial charge on any atom is -0.418 e. The molecule has 0 aliphatic heterocycles. The van der Waals surface area contributed by atoms with Crippen LogP contribution >= 0.6 is 0 Å². The van der Waals surface area contributed by atoms with Gasteiger partial charge < -0.3 is 17.3 Å². The van der Waals surface area contributed by atoms with Gasteiger partial charge in [0, 0.05) is 11.6 Å². The second-order valence-electron chi connectivity index (χ2n) is 2.54. The zero-order valence-electron chi connectivity index (χ0n) is 7.35. The SMILES string of the molecule is Cc1ccc[n+](C)c1.F[B-](F)(F)F. The van der Waals surface area contributed by atoms with E-state index in [1.54, 1.807) is 0 Å². The monoisotopic (exact) mass is 195 g/mol. The molecule has 0 saturated heterocycles. The summed E-state index contributed by atoms with van der Waals surface area (Å²) >= 11 is 0. The fourth-order valence-corrected chi connectivity index (χ4v) is 0.738. The van der Waals surface area contributed by atoms with Crippen LogP contribution in [0.5, 0.6) is 0 Å². The lowest BCUT2D eigenvalue weighted by atomic mass is 10.3. The lowest BCUT2D eigenvalue weighted by molar-refractivity contribution is -0.671. The first-order valence-electron chi connectivity index (χ1n) is 3.58. The summed E-state index contributed by atoms with van der Waals surface area (Å²) in [5.41, 5.74) is 1.30. The average Bonchev–Trinajstić information content (AvgIpc) is 1.81. The van der Waals surface area contributed by atoms with E-state index in [0.717, 1.165) is 0 Å². The van der Waals surface area contributed by atoms with Gasteiger partial charge in [0.2, 0.25) is 0 Å². The number of halogens is 4. The fourth-order valence-electron chi connectivity index (χ4n) is 0.738. The highest BCUT2D eigenvalue weighted by atomic mass is 19.5. The molecule has 0 unspecified atom stereocenters. The van der Waals surface area contributed by atoms with Crippen LogP contribution in [0.2, 0.25) is 0 Å². The van der Waals surface area contributed by atoms with E-state index in [1.807, 2.05) is 23.9 Å². The largest absolute Gasteiger partial charge is 0.673 e. The summed E-state index contributed by atoms with van der Waals surface area (Å²) in [6, 6.07) is 4.12. The van der Waals surface area contributed by atoms with Crippen molar-refractivity contribution < 1.29 is 21.8 Å². The van der Waals surface area contributed by atoms with Gasteiger partial charge in [-0.1, -0.05) is 0 Å². The van der Waals surface area contributed by atoms with Gasteiger partial charge in [-0.2, -0.15) is 0 Å². The minimum absolute atomic E-state index is 1.30. The number of hydrogen-bond acceptors (Lipinski definition) is 0. The number of pyridine rings is 1. The summed E-state index contributed by atoms with van der Waals surface area (Å²) in [5.74, 6) is 0. The Kier molecular flexibility index (Phi) is 4.44. The molecule has 6 heteroatoms. The van der Waals surface area contributed by atoms with Crippen LogP contribution in [0.25, 0.3) is 0 Å². The van der Waals surface area contributed by atoms with Crippen LogP contribution in [0.15, 0.2) is 24.5 Å². The van der Waals surface area contributed by atoms with Crippen molar-refractivity contribution in [1.82, 2.24) is 0 Å². The van der Waals surface area contributed by atoms with Crippen LogP contribution in [0.4, 0.5) is 17.3 Å². The second kappa shape index (κ2) is 4.84. The predicted molar refractivity (Wildman–Crippen MR) is 42.5 cm³/mol. The van der Waals surface area contributed by atoms with E-state index in [9.17, 15) is 17.3 Å². The summed E-state index contributed by atoms with van der Waals surface area (Å²) in [6.45, 7) is 2.08. The molecule has 0 aliphatic rings. The van der Waals surface area contributed by atoms with Crippen molar-refractivity contribution in [2.45, 2.75) is 6.92 Å². The maximum absolute atomic E-state index is 9.75. The highest BCUT2D eigenvalue weighted by Gasteiger charge is 2.20. The average molecular weight is 195 g/mol. The fraction of sp³-hybridized carbons (Fsp3) is 0.286. The van der Waals surface area contributed by atoms with E-state index in [-0.39, 0.29) is 0 Å². The molecule has 1 nitrogen and oxygen atoms in total. The third-order valence-corrected chi connectivity index (χ3v) is 1.09. The molecule has 0 fully saturated rings. The Labute approximate surface area is 74.1 Å². The number of aromatic nitrogens is 1. The van der Waals surface area contributed by atoms with Crippen LogP contribution in [-0.4, -0.2) is 7.25 Å². The molecule has 1 aromatic rings. The van der Waals surface area contributed by atoms with E-state index >= 15 is 0 Å². The molecule has 0 N–H and O–H groups in total. The van der Waals surface area contributed by atoms with E-state index in [4.69, 9.17) is 0 Å². The van der Waals surface area contributed by atoms with Gasteiger partial charge in [0.25, 0.3) is 0 Å². The third-order valence-electron chi connectivity index (χ3n) is 1.09. The summed E-state index contributed by atoms with van der Waals surface area (Å²) < 4.78 is 41.0. The smallest absolute Gasteiger partial charge is 0.418 e. The Hall–Kier alpha value is -1.07. The van der Waals surface area contributed by atoms with Gasteiger partial charge in [0.05, 0.1) is 0 Å². The zero-order valence-corrected chi connectivity index (χ0v) is 7.35. The highest BCUT2D eigenvalue weighted by molar-refractivity contribution is 6.50. The summed E-state index contributed by atoms with van der Waals surface area (Å²) in [4.78, 5) is 0. The normalized spacial score (nSPS) is 10.3. The molecule has 1 rings (SSSR count). The molecule has 0 aliphatic carbocycles. The van der Waals surface area contributed by atoms with Gasteiger partial charge in [-0.25, -0.2) is 4.57 Å². The topological polar surface area (TPSA) is 3.88 Å². The van der Waals surface area contributed by atoms with Crippen molar-refractivity contribution in [3.8, 4) is 0 Å². The van der Waals surface area contributed by atoms with Crippen LogP contribution in [-0.2, 0) is 7.05 Å². The predicted octanol–water partition coefficient (Wildman–Crippen LogP) is 2.12. The van der Waals surface area contributed by atoms with Crippen LogP contribution in [0.3, 0.4) is 0 Å². The van der Waals surface area contributed by atoms with E-state index < -0.39 is 7.25 Å². The van der Waals surface area contributed by atoms with Crippen molar-refractivity contribution in [3.05, 3.63) is 30.1 Å². The first-order chi connectivity index (χ1) is 5.79. The summed E-state index contributed by atoms with van der Waals surface area (Å²) in [6.07, 6.45) is 4.10. The molecule has 1 heterocycles. The molecule has 0 spiro atoms.